The summed E-state index contributed by atoms with van der Waals surface area (Å²) in [6.07, 6.45) is 3.84. The fraction of sp³-hybridized carbons (Fsp3) is 0.550. The van der Waals surface area contributed by atoms with Gasteiger partial charge in [-0.1, -0.05) is 49.3 Å². The minimum absolute atomic E-state index is 0.0585. The number of likely N-dealkylation sites (tertiary alicyclic amines) is 1. The summed E-state index contributed by atoms with van der Waals surface area (Å²) in [5.41, 5.74) is 0.980. The van der Waals surface area contributed by atoms with Gasteiger partial charge in [0.05, 0.1) is 0 Å². The Morgan fingerprint density at radius 3 is 2.69 bits per heavy atom. The number of rotatable bonds is 7. The molecule has 3 rings (SSSR count). The summed E-state index contributed by atoms with van der Waals surface area (Å²) in [7, 11) is 0. The van der Waals surface area contributed by atoms with Gasteiger partial charge < -0.3 is 14.7 Å². The molecule has 6 nitrogen and oxygen atoms in total. The third-order valence-corrected chi connectivity index (χ3v) is 4.82. The first kappa shape index (κ1) is 18.6. The Morgan fingerprint density at radius 1 is 1.27 bits per heavy atom. The average Bonchev–Trinajstić information content (AvgIpc) is 3.13. The van der Waals surface area contributed by atoms with E-state index in [1.54, 1.807) is 0 Å². The van der Waals surface area contributed by atoms with Crippen LogP contribution in [0.1, 0.15) is 39.0 Å². The molecular formula is C20H28N4O2. The van der Waals surface area contributed by atoms with E-state index in [2.05, 4.69) is 20.4 Å². The van der Waals surface area contributed by atoms with E-state index in [1.165, 1.54) is 0 Å². The highest BCUT2D eigenvalue weighted by molar-refractivity contribution is 5.78. The summed E-state index contributed by atoms with van der Waals surface area (Å²) in [6, 6.07) is 10.2. The quantitative estimate of drug-likeness (QED) is 0.826. The number of amides is 1. The lowest BCUT2D eigenvalue weighted by molar-refractivity contribution is -0.125. The van der Waals surface area contributed by atoms with Crippen LogP contribution in [0.2, 0.25) is 0 Å². The van der Waals surface area contributed by atoms with Gasteiger partial charge in [0, 0.05) is 37.0 Å². The van der Waals surface area contributed by atoms with Gasteiger partial charge >= 0.3 is 0 Å². The van der Waals surface area contributed by atoms with E-state index in [9.17, 15) is 4.79 Å². The molecule has 1 amide bonds. The van der Waals surface area contributed by atoms with Crippen molar-refractivity contribution in [3.8, 4) is 11.4 Å². The Bertz CT molecular complexity index is 691. The van der Waals surface area contributed by atoms with E-state index in [4.69, 9.17) is 4.52 Å². The van der Waals surface area contributed by atoms with Crippen LogP contribution in [0.3, 0.4) is 0 Å². The van der Waals surface area contributed by atoms with Crippen LogP contribution >= 0.6 is 0 Å². The number of piperidine rings is 1. The normalized spacial score (nSPS) is 16.1. The van der Waals surface area contributed by atoms with Crippen molar-refractivity contribution in [3.63, 3.8) is 0 Å². The standard InChI is InChI=1S/C20H28N4O2/c1-15(2)20(25)21-17-10-13-24(14-11-17)12-6-9-18-22-19(23-26-18)16-7-4-3-5-8-16/h3-5,7-8,15,17H,6,9-14H2,1-2H3,(H,21,25). The van der Waals surface area contributed by atoms with E-state index < -0.39 is 0 Å². The van der Waals surface area contributed by atoms with Gasteiger partial charge in [-0.25, -0.2) is 0 Å². The minimum atomic E-state index is 0.0585. The van der Waals surface area contributed by atoms with Crippen molar-refractivity contribution < 1.29 is 9.32 Å². The summed E-state index contributed by atoms with van der Waals surface area (Å²) in [4.78, 5) is 18.7. The van der Waals surface area contributed by atoms with E-state index in [1.807, 2.05) is 44.2 Å². The number of nitrogens with one attached hydrogen (secondary N) is 1. The predicted molar refractivity (Wildman–Crippen MR) is 100 cm³/mol. The molecule has 1 aromatic heterocycles. The first-order valence-corrected chi connectivity index (χ1v) is 9.52. The lowest BCUT2D eigenvalue weighted by Crippen LogP contribution is -2.45. The van der Waals surface area contributed by atoms with Crippen molar-refractivity contribution in [2.45, 2.75) is 45.6 Å². The Hall–Kier alpha value is -2.21. The summed E-state index contributed by atoms with van der Waals surface area (Å²) in [6.45, 7) is 6.95. The molecular weight excluding hydrogens is 328 g/mol. The van der Waals surface area contributed by atoms with E-state index in [-0.39, 0.29) is 11.8 Å². The first-order chi connectivity index (χ1) is 12.6. The molecule has 1 N–H and O–H groups in total. The number of benzene rings is 1. The Morgan fingerprint density at radius 2 is 2.00 bits per heavy atom. The molecule has 1 aliphatic rings. The monoisotopic (exact) mass is 356 g/mol. The molecule has 1 aliphatic heterocycles. The summed E-state index contributed by atoms with van der Waals surface area (Å²) in [5, 5.41) is 7.20. The third kappa shape index (κ3) is 5.14. The molecule has 1 aromatic carbocycles. The number of hydrogen-bond acceptors (Lipinski definition) is 5. The molecule has 0 spiro atoms. The number of aromatic nitrogens is 2. The van der Waals surface area contributed by atoms with Gasteiger partial charge in [0.25, 0.3) is 0 Å². The van der Waals surface area contributed by atoms with E-state index in [0.717, 1.165) is 50.9 Å². The van der Waals surface area contributed by atoms with Crippen molar-refractivity contribution in [2.24, 2.45) is 5.92 Å². The van der Waals surface area contributed by atoms with Gasteiger partial charge in [0.15, 0.2) is 0 Å². The van der Waals surface area contributed by atoms with Crippen LogP contribution in [0, 0.1) is 5.92 Å². The molecule has 0 radical (unpaired) electrons. The molecule has 2 aromatic rings. The van der Waals surface area contributed by atoms with E-state index >= 15 is 0 Å². The molecule has 0 aliphatic carbocycles. The highest BCUT2D eigenvalue weighted by Crippen LogP contribution is 2.16. The second kappa shape index (κ2) is 8.94. The molecule has 1 saturated heterocycles. The smallest absolute Gasteiger partial charge is 0.227 e. The van der Waals surface area contributed by atoms with Crippen LogP contribution in [0.5, 0.6) is 0 Å². The van der Waals surface area contributed by atoms with Crippen molar-refractivity contribution in [3.05, 3.63) is 36.2 Å². The lowest BCUT2D eigenvalue weighted by atomic mass is 10.0. The summed E-state index contributed by atoms with van der Waals surface area (Å²) in [5.74, 6) is 1.57. The van der Waals surface area contributed by atoms with Crippen LogP contribution in [-0.2, 0) is 11.2 Å². The SMILES string of the molecule is CC(C)C(=O)NC1CCN(CCCc2nc(-c3ccccc3)no2)CC1. The largest absolute Gasteiger partial charge is 0.353 e. The van der Waals surface area contributed by atoms with Crippen LogP contribution in [-0.4, -0.2) is 46.6 Å². The molecule has 0 bridgehead atoms. The number of carbonyl (C=O) groups is 1. The van der Waals surface area contributed by atoms with Gasteiger partial charge in [0.2, 0.25) is 17.6 Å². The first-order valence-electron chi connectivity index (χ1n) is 9.52. The second-order valence-electron chi connectivity index (χ2n) is 7.26. The van der Waals surface area contributed by atoms with Gasteiger partial charge in [-0.15, -0.1) is 0 Å². The van der Waals surface area contributed by atoms with E-state index in [0.29, 0.717) is 17.8 Å². The highest BCUT2D eigenvalue weighted by atomic mass is 16.5. The summed E-state index contributed by atoms with van der Waals surface area (Å²) >= 11 is 0. The zero-order valence-corrected chi connectivity index (χ0v) is 15.6. The van der Waals surface area contributed by atoms with Crippen molar-refractivity contribution >= 4 is 5.91 Å². The second-order valence-corrected chi connectivity index (χ2v) is 7.26. The molecule has 1 fully saturated rings. The predicted octanol–water partition coefficient (Wildman–Crippen LogP) is 2.91. The fourth-order valence-corrected chi connectivity index (χ4v) is 3.18. The van der Waals surface area contributed by atoms with Gasteiger partial charge in [0.1, 0.15) is 0 Å². The van der Waals surface area contributed by atoms with Gasteiger partial charge in [-0.05, 0) is 25.8 Å². The zero-order chi connectivity index (χ0) is 18.4. The van der Waals surface area contributed by atoms with Crippen molar-refractivity contribution in [1.29, 1.82) is 0 Å². The molecule has 6 heteroatoms. The van der Waals surface area contributed by atoms with Gasteiger partial charge in [-0.3, -0.25) is 4.79 Å². The molecule has 0 unspecified atom stereocenters. The molecule has 26 heavy (non-hydrogen) atoms. The third-order valence-electron chi connectivity index (χ3n) is 4.82. The Balaban J connectivity index is 1.37. The molecule has 2 heterocycles. The van der Waals surface area contributed by atoms with Crippen LogP contribution in [0.4, 0.5) is 0 Å². The molecule has 0 atom stereocenters. The topological polar surface area (TPSA) is 71.3 Å². The maximum atomic E-state index is 11.8. The van der Waals surface area contributed by atoms with Crippen LogP contribution in [0.15, 0.2) is 34.9 Å². The number of nitrogens with zero attached hydrogens (tertiary/aromatic N) is 3. The Kier molecular flexibility index (Phi) is 6.39. The maximum Gasteiger partial charge on any atom is 0.227 e. The number of aryl methyl sites for hydroxylation is 1. The van der Waals surface area contributed by atoms with Gasteiger partial charge in [-0.2, -0.15) is 4.98 Å². The molecule has 0 saturated carbocycles. The number of hydrogen-bond donors (Lipinski definition) is 1. The average molecular weight is 356 g/mol. The van der Waals surface area contributed by atoms with Crippen molar-refractivity contribution in [2.75, 3.05) is 19.6 Å². The Labute approximate surface area is 155 Å². The minimum Gasteiger partial charge on any atom is -0.353 e. The zero-order valence-electron chi connectivity index (χ0n) is 15.6. The molecule has 140 valence electrons. The fourth-order valence-electron chi connectivity index (χ4n) is 3.18. The highest BCUT2D eigenvalue weighted by Gasteiger charge is 2.21. The number of carbonyl (C=O) groups excluding carboxylic acids is 1. The lowest BCUT2D eigenvalue weighted by Gasteiger charge is -2.32. The maximum absolute atomic E-state index is 11.8. The van der Waals surface area contributed by atoms with Crippen LogP contribution < -0.4 is 5.32 Å². The van der Waals surface area contributed by atoms with Crippen LogP contribution in [0.25, 0.3) is 11.4 Å². The van der Waals surface area contributed by atoms with Crippen molar-refractivity contribution in [1.82, 2.24) is 20.4 Å². The summed E-state index contributed by atoms with van der Waals surface area (Å²) < 4.78 is 5.36.